The van der Waals surface area contributed by atoms with Gasteiger partial charge in [0.15, 0.2) is 0 Å². The summed E-state index contributed by atoms with van der Waals surface area (Å²) in [5, 5.41) is 6.43. The van der Waals surface area contributed by atoms with Crippen LogP contribution >= 0.6 is 24.2 Å². The molecule has 1 aliphatic rings. The van der Waals surface area contributed by atoms with Crippen molar-refractivity contribution in [3.63, 3.8) is 0 Å². The molecule has 0 spiro atoms. The summed E-state index contributed by atoms with van der Waals surface area (Å²) < 4.78 is 0. The fourth-order valence-electron chi connectivity index (χ4n) is 2.34. The Morgan fingerprint density at radius 1 is 1.56 bits per heavy atom. The first-order valence-corrected chi connectivity index (χ1v) is 8.09. The van der Waals surface area contributed by atoms with Gasteiger partial charge in [0.05, 0.1) is 0 Å². The molecule has 1 rings (SSSR count). The number of carbonyl (C=O) groups is 1. The molecule has 0 aromatic rings. The van der Waals surface area contributed by atoms with Crippen LogP contribution < -0.4 is 10.6 Å². The van der Waals surface area contributed by atoms with Gasteiger partial charge in [-0.2, -0.15) is 11.8 Å². The van der Waals surface area contributed by atoms with E-state index >= 15 is 0 Å². The van der Waals surface area contributed by atoms with Crippen molar-refractivity contribution >= 4 is 30.1 Å². The Morgan fingerprint density at radius 2 is 2.33 bits per heavy atom. The van der Waals surface area contributed by atoms with Crippen LogP contribution in [-0.4, -0.2) is 37.6 Å². The van der Waals surface area contributed by atoms with Crippen LogP contribution in [0.1, 0.15) is 32.6 Å². The third-order valence-electron chi connectivity index (χ3n) is 3.49. The van der Waals surface area contributed by atoms with Gasteiger partial charge in [-0.25, -0.2) is 0 Å². The van der Waals surface area contributed by atoms with Crippen LogP contribution in [0.25, 0.3) is 0 Å². The van der Waals surface area contributed by atoms with E-state index in [9.17, 15) is 4.79 Å². The molecule has 0 aromatic carbocycles. The molecule has 5 heteroatoms. The largest absolute Gasteiger partial charge is 0.356 e. The SMILES string of the molecule is CSCCCNC(=O)CC(C)C1CCCNC1.Cl. The third kappa shape index (κ3) is 7.49. The highest BCUT2D eigenvalue weighted by Crippen LogP contribution is 2.22. The highest BCUT2D eigenvalue weighted by molar-refractivity contribution is 7.98. The van der Waals surface area contributed by atoms with Gasteiger partial charge in [0, 0.05) is 13.0 Å². The maximum Gasteiger partial charge on any atom is 0.220 e. The molecule has 0 bridgehead atoms. The van der Waals surface area contributed by atoms with E-state index in [0.717, 1.165) is 31.8 Å². The maximum atomic E-state index is 11.7. The number of halogens is 1. The van der Waals surface area contributed by atoms with Gasteiger partial charge in [-0.05, 0) is 56.2 Å². The van der Waals surface area contributed by atoms with Crippen LogP contribution in [0.3, 0.4) is 0 Å². The van der Waals surface area contributed by atoms with E-state index in [1.807, 2.05) is 11.8 Å². The van der Waals surface area contributed by atoms with Crippen LogP contribution in [0.2, 0.25) is 0 Å². The second-order valence-electron chi connectivity index (χ2n) is 4.98. The lowest BCUT2D eigenvalue weighted by Gasteiger charge is -2.28. The maximum absolute atomic E-state index is 11.7. The van der Waals surface area contributed by atoms with E-state index in [0.29, 0.717) is 18.3 Å². The Labute approximate surface area is 122 Å². The van der Waals surface area contributed by atoms with Gasteiger partial charge >= 0.3 is 0 Å². The summed E-state index contributed by atoms with van der Waals surface area (Å²) in [4.78, 5) is 11.7. The van der Waals surface area contributed by atoms with Gasteiger partial charge in [0.25, 0.3) is 0 Å². The molecule has 1 amide bonds. The van der Waals surface area contributed by atoms with Crippen molar-refractivity contribution in [2.75, 3.05) is 31.6 Å². The first-order chi connectivity index (χ1) is 8.24. The minimum Gasteiger partial charge on any atom is -0.356 e. The van der Waals surface area contributed by atoms with E-state index in [1.165, 1.54) is 12.8 Å². The standard InChI is InChI=1S/C13H26N2OS.ClH/c1-11(12-5-3-6-14-10-12)9-13(16)15-7-4-8-17-2;/h11-12,14H,3-10H2,1-2H3,(H,15,16);1H. The molecule has 1 fully saturated rings. The Morgan fingerprint density at radius 3 is 2.94 bits per heavy atom. The summed E-state index contributed by atoms with van der Waals surface area (Å²) in [6, 6.07) is 0. The number of hydrogen-bond donors (Lipinski definition) is 2. The third-order valence-corrected chi connectivity index (χ3v) is 4.19. The van der Waals surface area contributed by atoms with Crippen molar-refractivity contribution in [1.82, 2.24) is 10.6 Å². The quantitative estimate of drug-likeness (QED) is 0.708. The Kier molecular flexibility index (Phi) is 11.0. The van der Waals surface area contributed by atoms with Gasteiger partial charge in [-0.1, -0.05) is 6.92 Å². The van der Waals surface area contributed by atoms with E-state index in [-0.39, 0.29) is 18.3 Å². The lowest BCUT2D eigenvalue weighted by Crippen LogP contribution is -2.35. The van der Waals surface area contributed by atoms with Crippen LogP contribution in [0.4, 0.5) is 0 Å². The van der Waals surface area contributed by atoms with Crippen molar-refractivity contribution in [3.8, 4) is 0 Å². The minimum atomic E-state index is 0. The number of thioether (sulfide) groups is 1. The van der Waals surface area contributed by atoms with Gasteiger partial charge in [0.1, 0.15) is 0 Å². The van der Waals surface area contributed by atoms with Crippen molar-refractivity contribution in [1.29, 1.82) is 0 Å². The monoisotopic (exact) mass is 294 g/mol. The zero-order valence-corrected chi connectivity index (χ0v) is 13.2. The Bertz CT molecular complexity index is 223. The predicted molar refractivity (Wildman–Crippen MR) is 82.6 cm³/mol. The van der Waals surface area contributed by atoms with Crippen molar-refractivity contribution < 1.29 is 4.79 Å². The van der Waals surface area contributed by atoms with Crippen LogP contribution in [0, 0.1) is 11.8 Å². The normalized spacial score (nSPS) is 20.9. The summed E-state index contributed by atoms with van der Waals surface area (Å²) in [7, 11) is 0. The van der Waals surface area contributed by atoms with E-state index in [1.54, 1.807) is 0 Å². The van der Waals surface area contributed by atoms with Gasteiger partial charge in [-0.15, -0.1) is 12.4 Å². The number of carbonyl (C=O) groups excluding carboxylic acids is 1. The first kappa shape index (κ1) is 18.1. The molecule has 2 unspecified atom stereocenters. The molecule has 1 saturated heterocycles. The lowest BCUT2D eigenvalue weighted by molar-refractivity contribution is -0.122. The number of nitrogens with one attached hydrogen (secondary N) is 2. The summed E-state index contributed by atoms with van der Waals surface area (Å²) in [5.74, 6) is 2.54. The van der Waals surface area contributed by atoms with Crippen molar-refractivity contribution in [2.45, 2.75) is 32.6 Å². The molecule has 2 N–H and O–H groups in total. The zero-order chi connectivity index (χ0) is 12.5. The van der Waals surface area contributed by atoms with Gasteiger partial charge in [0.2, 0.25) is 5.91 Å². The lowest BCUT2D eigenvalue weighted by atomic mass is 9.85. The van der Waals surface area contributed by atoms with E-state index in [4.69, 9.17) is 0 Å². The summed E-state index contributed by atoms with van der Waals surface area (Å²) in [6.45, 7) is 5.26. The van der Waals surface area contributed by atoms with Crippen LogP contribution in [-0.2, 0) is 4.79 Å². The predicted octanol–water partition coefficient (Wildman–Crippen LogP) is 2.30. The highest BCUT2D eigenvalue weighted by Gasteiger charge is 2.21. The molecule has 0 radical (unpaired) electrons. The molecule has 2 atom stereocenters. The molecular weight excluding hydrogens is 268 g/mol. The molecule has 108 valence electrons. The first-order valence-electron chi connectivity index (χ1n) is 6.70. The zero-order valence-electron chi connectivity index (χ0n) is 11.5. The smallest absolute Gasteiger partial charge is 0.220 e. The number of amides is 1. The highest BCUT2D eigenvalue weighted by atomic mass is 35.5. The number of hydrogen-bond acceptors (Lipinski definition) is 3. The van der Waals surface area contributed by atoms with Crippen molar-refractivity contribution in [2.24, 2.45) is 11.8 Å². The summed E-state index contributed by atoms with van der Waals surface area (Å²) in [5.41, 5.74) is 0. The molecule has 0 saturated carbocycles. The average molecular weight is 295 g/mol. The molecular formula is C13H27ClN2OS. The van der Waals surface area contributed by atoms with Gasteiger partial charge < -0.3 is 10.6 Å². The molecule has 18 heavy (non-hydrogen) atoms. The second-order valence-corrected chi connectivity index (χ2v) is 5.97. The van der Waals surface area contributed by atoms with E-state index < -0.39 is 0 Å². The summed E-state index contributed by atoms with van der Waals surface area (Å²) >= 11 is 1.83. The number of piperidine rings is 1. The second kappa shape index (κ2) is 10.9. The van der Waals surface area contributed by atoms with E-state index in [2.05, 4.69) is 23.8 Å². The fraction of sp³-hybridized carbons (Fsp3) is 0.923. The minimum absolute atomic E-state index is 0. The number of rotatable bonds is 7. The van der Waals surface area contributed by atoms with Crippen LogP contribution in [0.15, 0.2) is 0 Å². The molecule has 1 heterocycles. The molecule has 0 aromatic heterocycles. The summed E-state index contributed by atoms with van der Waals surface area (Å²) in [6.07, 6.45) is 6.39. The van der Waals surface area contributed by atoms with Crippen LogP contribution in [0.5, 0.6) is 0 Å². The molecule has 3 nitrogen and oxygen atoms in total. The average Bonchev–Trinajstić information content (AvgIpc) is 2.36. The van der Waals surface area contributed by atoms with Crippen molar-refractivity contribution in [3.05, 3.63) is 0 Å². The van der Waals surface area contributed by atoms with Gasteiger partial charge in [-0.3, -0.25) is 4.79 Å². The topological polar surface area (TPSA) is 41.1 Å². The Hall–Kier alpha value is 0.0700. The molecule has 1 aliphatic heterocycles. The molecule has 0 aliphatic carbocycles. The fourth-order valence-corrected chi connectivity index (χ4v) is 2.77. The Balaban J connectivity index is 0.00000289.